The molecule has 1 amide bonds. The lowest BCUT2D eigenvalue weighted by molar-refractivity contribution is 0.165. The van der Waals surface area contributed by atoms with Gasteiger partial charge in [-0.05, 0) is 18.8 Å². The maximum absolute atomic E-state index is 10.0. The molecule has 1 saturated carbocycles. The molecular weight excluding hydrogens is 142 g/mol. The third-order valence-corrected chi connectivity index (χ3v) is 2.26. The van der Waals surface area contributed by atoms with Crippen LogP contribution in [0.4, 0.5) is 4.79 Å². The quantitative estimate of drug-likeness (QED) is 0.650. The fourth-order valence-electron chi connectivity index (χ4n) is 1.62. The van der Waals surface area contributed by atoms with Crippen molar-refractivity contribution < 1.29 is 9.90 Å². The van der Waals surface area contributed by atoms with E-state index in [-0.39, 0.29) is 0 Å². The standard InChI is InChI=1S/C8H14NO2/c10-8(11)9-6-7-4-2-1-3-5-7/h7,9H,1-6H2. The molecule has 1 fully saturated rings. The van der Waals surface area contributed by atoms with Gasteiger partial charge in [0, 0.05) is 6.54 Å². The molecule has 0 bridgehead atoms. The summed E-state index contributed by atoms with van der Waals surface area (Å²) in [5.74, 6) is 0.557. The largest absolute Gasteiger partial charge is 0.450 e. The van der Waals surface area contributed by atoms with Crippen molar-refractivity contribution >= 4 is 6.09 Å². The molecule has 0 heterocycles. The molecule has 0 spiro atoms. The van der Waals surface area contributed by atoms with Crippen LogP contribution in [0.25, 0.3) is 0 Å². The first kappa shape index (κ1) is 8.37. The first-order valence-corrected chi connectivity index (χ1v) is 4.24. The van der Waals surface area contributed by atoms with E-state index in [0.29, 0.717) is 12.5 Å². The van der Waals surface area contributed by atoms with Gasteiger partial charge in [-0.1, -0.05) is 19.3 Å². The van der Waals surface area contributed by atoms with E-state index in [0.717, 1.165) is 0 Å². The van der Waals surface area contributed by atoms with Crippen LogP contribution in [-0.4, -0.2) is 12.6 Å². The number of hydrogen-bond acceptors (Lipinski definition) is 1. The van der Waals surface area contributed by atoms with Crippen molar-refractivity contribution in [1.29, 1.82) is 0 Å². The molecule has 63 valence electrons. The average Bonchev–Trinajstić information content (AvgIpc) is 2.03. The van der Waals surface area contributed by atoms with Crippen LogP contribution in [0, 0.1) is 5.92 Å². The molecule has 1 radical (unpaired) electrons. The number of nitrogens with one attached hydrogen (secondary N) is 1. The lowest BCUT2D eigenvalue weighted by atomic mass is 9.89. The van der Waals surface area contributed by atoms with Crippen LogP contribution in [-0.2, 0) is 5.11 Å². The highest BCUT2D eigenvalue weighted by Crippen LogP contribution is 2.22. The fraction of sp³-hybridized carbons (Fsp3) is 0.875. The smallest absolute Gasteiger partial charge is 0.318 e. The summed E-state index contributed by atoms with van der Waals surface area (Å²) in [4.78, 5) is 10.0. The molecule has 0 saturated heterocycles. The van der Waals surface area contributed by atoms with Crippen LogP contribution in [0.15, 0.2) is 0 Å². The van der Waals surface area contributed by atoms with Crippen LogP contribution in [0.2, 0.25) is 0 Å². The Morgan fingerprint density at radius 3 is 2.45 bits per heavy atom. The topological polar surface area (TPSA) is 49.0 Å². The highest BCUT2D eigenvalue weighted by atomic mass is 16.4. The third kappa shape index (κ3) is 3.25. The zero-order valence-corrected chi connectivity index (χ0v) is 6.64. The van der Waals surface area contributed by atoms with Crippen molar-refractivity contribution in [2.75, 3.05) is 6.54 Å². The Labute approximate surface area is 66.8 Å². The number of amides is 1. The molecule has 3 heteroatoms. The fourth-order valence-corrected chi connectivity index (χ4v) is 1.62. The third-order valence-electron chi connectivity index (χ3n) is 2.26. The van der Waals surface area contributed by atoms with E-state index >= 15 is 0 Å². The summed E-state index contributed by atoms with van der Waals surface area (Å²) < 4.78 is 0. The molecular formula is C8H14NO2. The second-order valence-corrected chi connectivity index (χ2v) is 3.17. The molecule has 1 aliphatic rings. The highest BCUT2D eigenvalue weighted by molar-refractivity contribution is 5.63. The number of carbonyl (C=O) groups is 1. The lowest BCUT2D eigenvalue weighted by Gasteiger charge is -2.20. The molecule has 0 unspecified atom stereocenters. The van der Waals surface area contributed by atoms with Gasteiger partial charge in [-0.25, -0.2) is 9.90 Å². The van der Waals surface area contributed by atoms with E-state index in [4.69, 9.17) is 0 Å². The summed E-state index contributed by atoms with van der Waals surface area (Å²) in [5, 5.41) is 12.3. The first-order chi connectivity index (χ1) is 5.29. The number of hydrogen-bond donors (Lipinski definition) is 1. The van der Waals surface area contributed by atoms with Gasteiger partial charge in [0.1, 0.15) is 0 Å². The molecule has 3 nitrogen and oxygen atoms in total. The Kier molecular flexibility index (Phi) is 3.20. The van der Waals surface area contributed by atoms with Crippen LogP contribution in [0.1, 0.15) is 32.1 Å². The van der Waals surface area contributed by atoms with Gasteiger partial charge in [-0.2, -0.15) is 0 Å². The summed E-state index contributed by atoms with van der Waals surface area (Å²) in [7, 11) is 0. The summed E-state index contributed by atoms with van der Waals surface area (Å²) in [5.41, 5.74) is 0. The molecule has 0 aromatic rings. The van der Waals surface area contributed by atoms with Crippen molar-refractivity contribution in [3.8, 4) is 0 Å². The first-order valence-electron chi connectivity index (χ1n) is 4.24. The van der Waals surface area contributed by atoms with E-state index in [2.05, 4.69) is 5.32 Å². The van der Waals surface area contributed by atoms with Gasteiger partial charge in [-0.15, -0.1) is 0 Å². The van der Waals surface area contributed by atoms with Gasteiger partial charge >= 0.3 is 6.09 Å². The van der Waals surface area contributed by atoms with E-state index < -0.39 is 6.09 Å². The van der Waals surface area contributed by atoms with Gasteiger partial charge in [-0.3, -0.25) is 0 Å². The van der Waals surface area contributed by atoms with Gasteiger partial charge in [0.25, 0.3) is 0 Å². The van der Waals surface area contributed by atoms with E-state index in [9.17, 15) is 9.90 Å². The zero-order chi connectivity index (χ0) is 8.10. The van der Waals surface area contributed by atoms with Crippen LogP contribution in [0.3, 0.4) is 0 Å². The van der Waals surface area contributed by atoms with Crippen LogP contribution < -0.4 is 5.32 Å². The molecule has 1 rings (SSSR count). The minimum Gasteiger partial charge on any atom is -0.318 e. The van der Waals surface area contributed by atoms with Crippen molar-refractivity contribution in [1.82, 2.24) is 5.32 Å². The SMILES string of the molecule is [O]C(=O)NCC1CCCCC1. The predicted molar refractivity (Wildman–Crippen MR) is 40.7 cm³/mol. The maximum Gasteiger partial charge on any atom is 0.450 e. The van der Waals surface area contributed by atoms with Gasteiger partial charge in [0.05, 0.1) is 0 Å². The summed E-state index contributed by atoms with van der Waals surface area (Å²) in [6.45, 7) is 0.586. The zero-order valence-electron chi connectivity index (χ0n) is 6.64. The van der Waals surface area contributed by atoms with Crippen LogP contribution in [0.5, 0.6) is 0 Å². The highest BCUT2D eigenvalue weighted by Gasteiger charge is 2.13. The molecule has 0 aliphatic heterocycles. The van der Waals surface area contributed by atoms with Gasteiger partial charge in [0.2, 0.25) is 0 Å². The lowest BCUT2D eigenvalue weighted by Crippen LogP contribution is -2.27. The van der Waals surface area contributed by atoms with Crippen LogP contribution >= 0.6 is 0 Å². The molecule has 0 aromatic heterocycles. The molecule has 0 aromatic carbocycles. The molecule has 0 atom stereocenters. The van der Waals surface area contributed by atoms with Gasteiger partial charge in [0.15, 0.2) is 0 Å². The maximum atomic E-state index is 10.0. The second kappa shape index (κ2) is 4.21. The van der Waals surface area contributed by atoms with E-state index in [1.54, 1.807) is 0 Å². The Morgan fingerprint density at radius 1 is 1.27 bits per heavy atom. The Morgan fingerprint density at radius 2 is 1.91 bits per heavy atom. The number of carbonyl (C=O) groups excluding carboxylic acids is 1. The average molecular weight is 156 g/mol. The van der Waals surface area contributed by atoms with Crippen molar-refractivity contribution in [2.45, 2.75) is 32.1 Å². The summed E-state index contributed by atoms with van der Waals surface area (Å²) in [6, 6.07) is 0. The monoisotopic (exact) mass is 156 g/mol. The van der Waals surface area contributed by atoms with Crippen molar-refractivity contribution in [2.24, 2.45) is 5.92 Å². The summed E-state index contributed by atoms with van der Waals surface area (Å²) >= 11 is 0. The Hall–Kier alpha value is -0.730. The van der Waals surface area contributed by atoms with E-state index in [1.165, 1.54) is 32.1 Å². The van der Waals surface area contributed by atoms with Gasteiger partial charge < -0.3 is 5.32 Å². The normalized spacial score (nSPS) is 19.6. The van der Waals surface area contributed by atoms with E-state index in [1.807, 2.05) is 0 Å². The molecule has 1 N–H and O–H groups in total. The minimum atomic E-state index is -1.14. The minimum absolute atomic E-state index is 0.557. The van der Waals surface area contributed by atoms with Crippen molar-refractivity contribution in [3.05, 3.63) is 0 Å². The van der Waals surface area contributed by atoms with Crippen molar-refractivity contribution in [3.63, 3.8) is 0 Å². The Bertz CT molecular complexity index is 130. The second-order valence-electron chi connectivity index (χ2n) is 3.17. The molecule has 11 heavy (non-hydrogen) atoms. The Balaban J connectivity index is 2.09. The number of rotatable bonds is 2. The summed E-state index contributed by atoms with van der Waals surface area (Å²) in [6.07, 6.45) is 5.00. The molecule has 1 aliphatic carbocycles. The predicted octanol–water partition coefficient (Wildman–Crippen LogP) is 1.71.